The largest absolute Gasteiger partial charge is 0.493 e. The van der Waals surface area contributed by atoms with Crippen molar-refractivity contribution in [1.29, 1.82) is 0 Å². The molecule has 2 aliphatic rings. The van der Waals surface area contributed by atoms with E-state index in [0.29, 0.717) is 25.7 Å². The molecular weight excluding hydrogens is 326 g/mol. The van der Waals surface area contributed by atoms with E-state index in [9.17, 15) is 0 Å². The zero-order valence-corrected chi connectivity index (χ0v) is 13.0. The minimum absolute atomic E-state index is 0.457. The molecule has 0 spiro atoms. The van der Waals surface area contributed by atoms with Crippen molar-refractivity contribution in [3.63, 3.8) is 0 Å². The first kappa shape index (κ1) is 14.3. The Kier molecular flexibility index (Phi) is 4.26. The molecule has 3 heterocycles. The Morgan fingerprint density at radius 2 is 2.25 bits per heavy atom. The molecule has 0 saturated carbocycles. The van der Waals surface area contributed by atoms with Gasteiger partial charge in [0.05, 0.1) is 32.1 Å². The van der Waals surface area contributed by atoms with Crippen molar-refractivity contribution in [3.8, 4) is 5.75 Å². The van der Waals surface area contributed by atoms with Crippen molar-refractivity contribution in [3.05, 3.63) is 22.4 Å². The second-order valence-electron chi connectivity index (χ2n) is 5.23. The SMILES string of the molecule is CO[C@]1(c2cc(OCC3COC3)cc(Br)n2)CCOC1. The summed E-state index contributed by atoms with van der Waals surface area (Å²) < 4.78 is 22.9. The van der Waals surface area contributed by atoms with E-state index >= 15 is 0 Å². The van der Waals surface area contributed by atoms with Crippen molar-refractivity contribution in [2.24, 2.45) is 5.92 Å². The van der Waals surface area contributed by atoms with Crippen molar-refractivity contribution >= 4 is 15.9 Å². The van der Waals surface area contributed by atoms with Crippen LogP contribution >= 0.6 is 15.9 Å². The summed E-state index contributed by atoms with van der Waals surface area (Å²) in [6.45, 7) is 3.47. The Balaban J connectivity index is 1.78. The van der Waals surface area contributed by atoms with Gasteiger partial charge in [0, 0.05) is 38.2 Å². The lowest BCUT2D eigenvalue weighted by Gasteiger charge is -2.27. The molecule has 2 aliphatic heterocycles. The smallest absolute Gasteiger partial charge is 0.135 e. The van der Waals surface area contributed by atoms with Crippen LogP contribution in [-0.4, -0.2) is 45.1 Å². The summed E-state index contributed by atoms with van der Waals surface area (Å²) >= 11 is 3.44. The van der Waals surface area contributed by atoms with E-state index in [2.05, 4.69) is 20.9 Å². The normalized spacial score (nSPS) is 26.5. The van der Waals surface area contributed by atoms with Crippen LogP contribution in [0.15, 0.2) is 16.7 Å². The minimum Gasteiger partial charge on any atom is -0.493 e. The maximum absolute atomic E-state index is 5.83. The van der Waals surface area contributed by atoms with Crippen LogP contribution < -0.4 is 4.74 Å². The molecule has 0 radical (unpaired) electrons. The lowest BCUT2D eigenvalue weighted by atomic mass is 9.98. The monoisotopic (exact) mass is 343 g/mol. The van der Waals surface area contributed by atoms with Gasteiger partial charge in [-0.15, -0.1) is 0 Å². The van der Waals surface area contributed by atoms with Crippen LogP contribution in [0, 0.1) is 5.92 Å². The topological polar surface area (TPSA) is 49.8 Å². The molecule has 0 bridgehead atoms. The van der Waals surface area contributed by atoms with Crippen molar-refractivity contribution in [2.45, 2.75) is 12.0 Å². The highest BCUT2D eigenvalue weighted by Crippen LogP contribution is 2.35. The highest BCUT2D eigenvalue weighted by molar-refractivity contribution is 9.10. The number of nitrogens with zero attached hydrogens (tertiary/aromatic N) is 1. The molecule has 5 nitrogen and oxygen atoms in total. The predicted molar refractivity (Wildman–Crippen MR) is 75.9 cm³/mol. The van der Waals surface area contributed by atoms with E-state index in [1.165, 1.54) is 0 Å². The molecule has 1 atom stereocenters. The average molecular weight is 344 g/mol. The molecule has 0 aliphatic carbocycles. The van der Waals surface area contributed by atoms with Crippen molar-refractivity contribution < 1.29 is 18.9 Å². The van der Waals surface area contributed by atoms with Crippen LogP contribution in [0.2, 0.25) is 0 Å². The second-order valence-corrected chi connectivity index (χ2v) is 6.04. The van der Waals surface area contributed by atoms with Crippen LogP contribution in [0.25, 0.3) is 0 Å². The van der Waals surface area contributed by atoms with E-state index in [4.69, 9.17) is 18.9 Å². The first-order chi connectivity index (χ1) is 9.72. The third-order valence-corrected chi connectivity index (χ3v) is 4.21. The Labute approximate surface area is 126 Å². The fraction of sp³-hybridized carbons (Fsp3) is 0.643. The molecular formula is C14H18BrNO4. The highest BCUT2D eigenvalue weighted by atomic mass is 79.9. The Hall–Kier alpha value is -0.690. The number of ether oxygens (including phenoxy) is 4. The zero-order chi connectivity index (χ0) is 14.0. The first-order valence-electron chi connectivity index (χ1n) is 6.73. The van der Waals surface area contributed by atoms with E-state index < -0.39 is 5.60 Å². The van der Waals surface area contributed by atoms with E-state index in [1.807, 2.05) is 12.1 Å². The lowest BCUT2D eigenvalue weighted by molar-refractivity contribution is -0.0511. The number of pyridine rings is 1. The maximum Gasteiger partial charge on any atom is 0.135 e. The molecule has 20 heavy (non-hydrogen) atoms. The second kappa shape index (κ2) is 5.97. The molecule has 2 saturated heterocycles. The van der Waals surface area contributed by atoms with E-state index in [-0.39, 0.29) is 0 Å². The van der Waals surface area contributed by atoms with Crippen LogP contribution in [-0.2, 0) is 19.8 Å². The molecule has 3 rings (SSSR count). The van der Waals surface area contributed by atoms with Gasteiger partial charge in [0.2, 0.25) is 0 Å². The summed E-state index contributed by atoms with van der Waals surface area (Å²) in [5.41, 5.74) is 0.397. The third kappa shape index (κ3) is 2.83. The molecule has 1 aromatic heterocycles. The van der Waals surface area contributed by atoms with Gasteiger partial charge in [-0.2, -0.15) is 0 Å². The van der Waals surface area contributed by atoms with Gasteiger partial charge >= 0.3 is 0 Å². The van der Waals surface area contributed by atoms with Gasteiger partial charge in [0.1, 0.15) is 16.0 Å². The molecule has 1 aromatic rings. The number of aromatic nitrogens is 1. The number of hydrogen-bond donors (Lipinski definition) is 0. The van der Waals surface area contributed by atoms with Gasteiger partial charge in [-0.3, -0.25) is 0 Å². The molecule has 0 amide bonds. The van der Waals surface area contributed by atoms with Crippen molar-refractivity contribution in [1.82, 2.24) is 4.98 Å². The summed E-state index contributed by atoms with van der Waals surface area (Å²) in [6.07, 6.45) is 0.808. The fourth-order valence-corrected chi connectivity index (χ4v) is 2.82. The van der Waals surface area contributed by atoms with Gasteiger partial charge < -0.3 is 18.9 Å². The molecule has 6 heteroatoms. The Morgan fingerprint density at radius 1 is 1.40 bits per heavy atom. The Bertz CT molecular complexity index is 472. The number of hydrogen-bond acceptors (Lipinski definition) is 5. The van der Waals surface area contributed by atoms with Crippen LogP contribution in [0.1, 0.15) is 12.1 Å². The predicted octanol–water partition coefficient (Wildman–Crippen LogP) is 2.13. The third-order valence-electron chi connectivity index (χ3n) is 3.80. The minimum atomic E-state index is -0.457. The number of rotatable bonds is 5. The summed E-state index contributed by atoms with van der Waals surface area (Å²) in [5.74, 6) is 1.30. The lowest BCUT2D eigenvalue weighted by Crippen LogP contribution is -2.33. The highest BCUT2D eigenvalue weighted by Gasteiger charge is 2.38. The molecule has 2 fully saturated rings. The van der Waals surface area contributed by atoms with Gasteiger partial charge in [-0.25, -0.2) is 4.98 Å². The number of halogens is 1. The summed E-state index contributed by atoms with van der Waals surface area (Å²) in [6, 6.07) is 3.82. The van der Waals surface area contributed by atoms with Crippen LogP contribution in [0.5, 0.6) is 5.75 Å². The maximum atomic E-state index is 5.83. The van der Waals surface area contributed by atoms with Gasteiger partial charge in [-0.1, -0.05) is 0 Å². The molecule has 0 aromatic carbocycles. The summed E-state index contributed by atoms with van der Waals surface area (Å²) in [4.78, 5) is 4.53. The summed E-state index contributed by atoms with van der Waals surface area (Å²) in [5, 5.41) is 0. The quantitative estimate of drug-likeness (QED) is 0.766. The fourth-order valence-electron chi connectivity index (χ4n) is 2.40. The number of methoxy groups -OCH3 is 1. The van der Waals surface area contributed by atoms with Crippen molar-refractivity contribution in [2.75, 3.05) is 40.1 Å². The zero-order valence-electron chi connectivity index (χ0n) is 11.4. The van der Waals surface area contributed by atoms with Crippen LogP contribution in [0.4, 0.5) is 0 Å². The molecule has 110 valence electrons. The Morgan fingerprint density at radius 3 is 2.85 bits per heavy atom. The van der Waals surface area contributed by atoms with Gasteiger partial charge in [-0.05, 0) is 15.9 Å². The van der Waals surface area contributed by atoms with Gasteiger partial charge in [0.15, 0.2) is 0 Å². The molecule has 0 unspecified atom stereocenters. The van der Waals surface area contributed by atoms with E-state index in [0.717, 1.165) is 35.7 Å². The van der Waals surface area contributed by atoms with Gasteiger partial charge in [0.25, 0.3) is 0 Å². The van der Waals surface area contributed by atoms with Crippen LogP contribution in [0.3, 0.4) is 0 Å². The summed E-state index contributed by atoms with van der Waals surface area (Å²) in [7, 11) is 1.70. The van der Waals surface area contributed by atoms with E-state index in [1.54, 1.807) is 7.11 Å². The first-order valence-corrected chi connectivity index (χ1v) is 7.53. The molecule has 0 N–H and O–H groups in total. The average Bonchev–Trinajstić information content (AvgIpc) is 2.86. The standard InChI is InChI=1S/C14H18BrNO4/c1-17-14(2-3-18-9-14)12-4-11(5-13(15)16-12)20-8-10-6-19-7-10/h4-5,10H,2-3,6-9H2,1H3/t14-/m1/s1.